The molecule has 1 aliphatic rings. The minimum atomic E-state index is -5.01. The molecule has 2 amide bonds. The largest absolute Gasteiger partial charge is 0.480 e. The number of hydrogen-bond acceptors (Lipinski definition) is 10. The molecular weight excluding hydrogens is 680 g/mol. The fourth-order valence-electron chi connectivity index (χ4n) is 5.88. The lowest BCUT2D eigenvalue weighted by Gasteiger charge is -2.30. The van der Waals surface area contributed by atoms with Crippen molar-refractivity contribution < 1.29 is 47.9 Å². The van der Waals surface area contributed by atoms with Gasteiger partial charge in [0.25, 0.3) is 0 Å². The lowest BCUT2D eigenvalue weighted by atomic mass is 9.73. The molecule has 2 aromatic rings. The van der Waals surface area contributed by atoms with E-state index in [1.54, 1.807) is 0 Å². The molecule has 1 fully saturated rings. The highest BCUT2D eigenvalue weighted by atomic mass is 31.2. The van der Waals surface area contributed by atoms with Gasteiger partial charge in [0, 0.05) is 57.5 Å². The molecule has 17 heteroatoms. The van der Waals surface area contributed by atoms with E-state index < -0.39 is 44.2 Å². The van der Waals surface area contributed by atoms with Gasteiger partial charge in [0.05, 0.1) is 12.1 Å². The van der Waals surface area contributed by atoms with Crippen LogP contribution in [0.5, 0.6) is 0 Å². The number of nitrogens with one attached hydrogen (secondary N) is 2. The van der Waals surface area contributed by atoms with Crippen LogP contribution in [0.15, 0.2) is 48.9 Å². The third kappa shape index (κ3) is 15.7. The Morgan fingerprint density at radius 2 is 1.67 bits per heavy atom. The first-order chi connectivity index (χ1) is 24.3. The van der Waals surface area contributed by atoms with Gasteiger partial charge in [-0.25, -0.2) is 9.78 Å². The lowest BCUT2D eigenvalue weighted by Crippen LogP contribution is -2.52. The Hall–Kier alpha value is -3.53. The summed E-state index contributed by atoms with van der Waals surface area (Å²) in [7, 11) is -5.67. The molecule has 15 nitrogen and oxygen atoms in total. The Bertz CT molecular complexity index is 1420. The average molecular weight is 732 g/mol. The smallest absolute Gasteiger partial charge is 0.479 e. The number of Topliss-reactive ketones (excluding diaryl/α,β-unsaturated/α-hetero) is 1. The van der Waals surface area contributed by atoms with E-state index in [9.17, 15) is 23.7 Å². The molecule has 0 bridgehead atoms. The number of carboxylic acids is 1. The number of hydrogen-bond donors (Lipinski definition) is 5. The molecule has 5 N–H and O–H groups in total. The van der Waals surface area contributed by atoms with Crippen LogP contribution in [0.4, 0.5) is 0 Å². The van der Waals surface area contributed by atoms with Gasteiger partial charge in [-0.1, -0.05) is 50.6 Å². The van der Waals surface area contributed by atoms with Gasteiger partial charge in [0.2, 0.25) is 17.6 Å². The highest BCUT2D eigenvalue weighted by Gasteiger charge is 2.37. The maximum absolute atomic E-state index is 13.9. The van der Waals surface area contributed by atoms with Crippen molar-refractivity contribution in [2.24, 2.45) is 11.8 Å². The summed E-state index contributed by atoms with van der Waals surface area (Å²) in [6.45, 7) is 7.29. The maximum atomic E-state index is 13.9. The van der Waals surface area contributed by atoms with Crippen molar-refractivity contribution in [3.05, 3.63) is 60.2 Å². The average Bonchev–Trinajstić information content (AvgIpc) is 3.09. The van der Waals surface area contributed by atoms with Gasteiger partial charge >= 0.3 is 20.7 Å². The summed E-state index contributed by atoms with van der Waals surface area (Å²) in [5.74, 6) is -6.09. The van der Waals surface area contributed by atoms with E-state index in [4.69, 9.17) is 24.2 Å². The Balaban J connectivity index is 1.52. The second kappa shape index (κ2) is 21.7. The van der Waals surface area contributed by atoms with Crippen molar-refractivity contribution in [1.82, 2.24) is 25.5 Å². The molecule has 1 aromatic carbocycles. The number of carbonyl (C=O) groups excluding carboxylic acids is 3. The monoisotopic (exact) mass is 731 g/mol. The maximum Gasteiger partial charge on any atom is 0.480 e. The number of ketones is 1. The number of carboxylic acid groups (broad SMARTS) is 1. The predicted octanol–water partition coefficient (Wildman–Crippen LogP) is 2.86. The van der Waals surface area contributed by atoms with Crippen LogP contribution in [0.3, 0.4) is 0 Å². The second-order valence-electron chi connectivity index (χ2n) is 13.2. The van der Waals surface area contributed by atoms with Crippen LogP contribution in [0.2, 0.25) is 0 Å². The molecule has 3 atom stereocenters. The molecule has 1 aliphatic heterocycles. The number of carbonyl (C=O) groups is 4. The third-order valence-corrected chi connectivity index (χ3v) is 9.43. The van der Waals surface area contributed by atoms with E-state index in [0.29, 0.717) is 38.9 Å². The van der Waals surface area contributed by atoms with Crippen LogP contribution < -0.4 is 10.6 Å². The lowest BCUT2D eigenvalue weighted by molar-refractivity contribution is -0.139. The third-order valence-electron chi connectivity index (χ3n) is 8.41. The zero-order valence-electron chi connectivity index (χ0n) is 29.4. The summed E-state index contributed by atoms with van der Waals surface area (Å²) in [4.78, 5) is 78.7. The summed E-state index contributed by atoms with van der Waals surface area (Å²) >= 11 is 0. The molecule has 2 heterocycles. The van der Waals surface area contributed by atoms with Crippen molar-refractivity contribution >= 4 is 38.3 Å². The molecular formula is C34H51BN5O10P. The number of aliphatic carboxylic acids is 1. The Morgan fingerprint density at radius 3 is 2.25 bits per heavy atom. The van der Waals surface area contributed by atoms with E-state index >= 15 is 0 Å². The highest BCUT2D eigenvalue weighted by molar-refractivity contribution is 7.53. The minimum Gasteiger partial charge on any atom is -0.479 e. The van der Waals surface area contributed by atoms with Crippen LogP contribution in [-0.4, -0.2) is 105 Å². The first-order valence-electron chi connectivity index (χ1n) is 17.5. The predicted molar refractivity (Wildman–Crippen MR) is 189 cm³/mol. The van der Waals surface area contributed by atoms with Crippen molar-refractivity contribution in [3.8, 4) is 0 Å². The summed E-state index contributed by atoms with van der Waals surface area (Å²) in [6.07, 6.45) is 8.67. The van der Waals surface area contributed by atoms with Crippen molar-refractivity contribution in [1.29, 1.82) is 0 Å². The minimum absolute atomic E-state index is 0.0228. The van der Waals surface area contributed by atoms with E-state index in [2.05, 4.69) is 34.0 Å². The number of amides is 2. The zero-order chi connectivity index (χ0) is 37.2. The molecule has 280 valence electrons. The normalized spacial score (nSPS) is 16.5. The molecule has 3 rings (SSSR count). The first kappa shape index (κ1) is 41.9. The molecule has 1 aromatic heterocycles. The molecule has 0 saturated carbocycles. The van der Waals surface area contributed by atoms with Crippen molar-refractivity contribution in [3.63, 3.8) is 0 Å². The van der Waals surface area contributed by atoms with Gasteiger partial charge < -0.3 is 39.7 Å². The molecule has 0 aliphatic carbocycles. The summed E-state index contributed by atoms with van der Waals surface area (Å²) in [5, 5.41) is 14.0. The number of rotatable bonds is 19. The van der Waals surface area contributed by atoms with Crippen LogP contribution in [0.25, 0.3) is 0 Å². The van der Waals surface area contributed by atoms with E-state index in [1.807, 2.05) is 35.6 Å². The molecule has 51 heavy (non-hydrogen) atoms. The fourth-order valence-corrected chi connectivity index (χ4v) is 6.48. The Kier molecular flexibility index (Phi) is 17.9. The Morgan fingerprint density at radius 1 is 0.980 bits per heavy atom. The highest BCUT2D eigenvalue weighted by Crippen LogP contribution is 2.39. The number of aromatic nitrogens is 2. The molecule has 0 spiro atoms. The van der Waals surface area contributed by atoms with Crippen LogP contribution in [-0.2, 0) is 34.7 Å². The van der Waals surface area contributed by atoms with Crippen LogP contribution >= 0.6 is 7.60 Å². The summed E-state index contributed by atoms with van der Waals surface area (Å²) in [5.41, 5.74) is 1.16. The molecule has 1 unspecified atom stereocenters. The van der Waals surface area contributed by atoms with E-state index in [-0.39, 0.29) is 36.1 Å². The van der Waals surface area contributed by atoms with Gasteiger partial charge in [0.15, 0.2) is 5.78 Å². The SMILES string of the molecule is CC(C)C[C@@H](NC(=O)[C@H](CC(=O)c1cnccn1)Cc1ccccc1)B1OCCCN(CCCCCC(=O)NC(C(=O)O)P(=O)(O)O)CCCO1. The number of benzene rings is 1. The zero-order valence-corrected chi connectivity index (χ0v) is 30.3. The standard InChI is InChI=1S/C34H51BN5O10P/c1-25(2)21-30(38-32(43)27(22-26-11-5-3-6-12-26)23-29(41)28-24-36-14-15-37-28)35-49-19-9-17-40(18-10-20-50-35)16-8-4-7-13-31(42)39-33(34(44)45)51(46,47)48/h3,5-6,11-12,14-15,24-25,27,30,33H,4,7-10,13,16-23H2,1-2H3,(H,38,43)(H,39,42)(H,44,45)(H2,46,47,48)/t27-,30+,33?/m0/s1. The second-order valence-corrected chi connectivity index (χ2v) is 14.9. The fraction of sp³-hybridized carbons (Fsp3) is 0.588. The first-order valence-corrected chi connectivity index (χ1v) is 19.2. The van der Waals surface area contributed by atoms with Crippen molar-refractivity contribution in [2.75, 3.05) is 32.8 Å². The van der Waals surface area contributed by atoms with Gasteiger partial charge in [-0.2, -0.15) is 0 Å². The van der Waals surface area contributed by atoms with E-state index in [0.717, 1.165) is 44.5 Å². The quantitative estimate of drug-likeness (QED) is 0.0609. The molecule has 1 saturated heterocycles. The van der Waals surface area contributed by atoms with E-state index in [1.165, 1.54) is 18.6 Å². The topological polar surface area (TPSA) is 218 Å². The van der Waals surface area contributed by atoms with Gasteiger partial charge in [-0.05, 0) is 56.6 Å². The molecule has 0 radical (unpaired) electrons. The number of unbranched alkanes of at least 4 members (excludes halogenated alkanes) is 2. The van der Waals surface area contributed by atoms with Gasteiger partial charge in [0.1, 0.15) is 5.69 Å². The van der Waals surface area contributed by atoms with Crippen molar-refractivity contribution in [2.45, 2.75) is 83.4 Å². The van der Waals surface area contributed by atoms with Crippen LogP contribution in [0, 0.1) is 11.8 Å². The number of nitrogens with zero attached hydrogens (tertiary/aromatic N) is 3. The van der Waals surface area contributed by atoms with Gasteiger partial charge in [-0.15, -0.1) is 0 Å². The summed E-state index contributed by atoms with van der Waals surface area (Å²) in [6, 6.07) is 9.58. The Labute approximate surface area is 299 Å². The summed E-state index contributed by atoms with van der Waals surface area (Å²) < 4.78 is 23.8. The van der Waals surface area contributed by atoms with Gasteiger partial charge in [-0.3, -0.25) is 23.9 Å². The van der Waals surface area contributed by atoms with Crippen LogP contribution in [0.1, 0.15) is 81.3 Å².